The summed E-state index contributed by atoms with van der Waals surface area (Å²) >= 11 is 0. The summed E-state index contributed by atoms with van der Waals surface area (Å²) in [7, 11) is 0. The number of hydrogen-bond donors (Lipinski definition) is 1. The number of aromatic amines is 1. The Morgan fingerprint density at radius 3 is 2.28 bits per heavy atom. The Hall–Kier alpha value is -5.12. The number of carbonyl (C=O) groups is 2. The topological polar surface area (TPSA) is 129 Å². The van der Waals surface area contributed by atoms with Gasteiger partial charge in [-0.3, -0.25) is 4.79 Å². The molecule has 0 amide bonds. The van der Waals surface area contributed by atoms with Gasteiger partial charge in [-0.25, -0.2) is 9.78 Å². The standard InChI is InChI=1S/C33H33N5O5/c1-5-11-27-30(41-22-18-16-21(17-19-22)23-12-7-8-13-24(23)31-35-37-38-36-31)29(25-14-9-10-15-26(25)34-27)32(40)43-33(20(3)4)42-28(39)6-2/h7-10,12-20,33H,5-6,11H2,1-4H3,(H,35,36,37,38). The highest BCUT2D eigenvalue weighted by molar-refractivity contribution is 6.06. The monoisotopic (exact) mass is 579 g/mol. The number of esters is 2. The van der Waals surface area contributed by atoms with Gasteiger partial charge < -0.3 is 14.2 Å². The molecule has 0 aliphatic carbocycles. The van der Waals surface area contributed by atoms with Crippen LogP contribution in [-0.2, 0) is 20.7 Å². The van der Waals surface area contributed by atoms with Gasteiger partial charge in [0.05, 0.1) is 11.2 Å². The van der Waals surface area contributed by atoms with E-state index in [1.54, 1.807) is 6.92 Å². The smallest absolute Gasteiger partial charge is 0.345 e. The summed E-state index contributed by atoms with van der Waals surface area (Å²) in [5, 5.41) is 15.0. The number of nitrogens with one attached hydrogen (secondary N) is 1. The second-order valence-electron chi connectivity index (χ2n) is 10.3. The summed E-state index contributed by atoms with van der Waals surface area (Å²) in [6.07, 6.45) is 0.483. The van der Waals surface area contributed by atoms with Crippen molar-refractivity contribution >= 4 is 22.8 Å². The van der Waals surface area contributed by atoms with Crippen LogP contribution in [-0.4, -0.2) is 43.8 Å². The van der Waals surface area contributed by atoms with Gasteiger partial charge in [0, 0.05) is 23.3 Å². The van der Waals surface area contributed by atoms with Crippen molar-refractivity contribution in [1.82, 2.24) is 25.6 Å². The van der Waals surface area contributed by atoms with E-state index in [4.69, 9.17) is 19.2 Å². The SMILES string of the molecule is CCCc1nc2ccccc2c(C(=O)OC(OC(=O)CC)C(C)C)c1Oc1ccc(-c2ccccc2-c2nn[nH]n2)cc1. The third-order valence-electron chi connectivity index (χ3n) is 6.81. The second-order valence-corrected chi connectivity index (χ2v) is 10.3. The molecule has 0 spiro atoms. The Kier molecular flexibility index (Phi) is 9.05. The van der Waals surface area contributed by atoms with E-state index < -0.39 is 18.2 Å². The summed E-state index contributed by atoms with van der Waals surface area (Å²) in [6, 6.07) is 22.7. The van der Waals surface area contributed by atoms with Gasteiger partial charge >= 0.3 is 11.9 Å². The molecule has 1 unspecified atom stereocenters. The number of H-pyrrole nitrogens is 1. The zero-order chi connectivity index (χ0) is 30.3. The van der Waals surface area contributed by atoms with Gasteiger partial charge in [0.15, 0.2) is 5.75 Å². The third-order valence-corrected chi connectivity index (χ3v) is 6.81. The summed E-state index contributed by atoms with van der Waals surface area (Å²) < 4.78 is 17.7. The zero-order valence-corrected chi connectivity index (χ0v) is 24.5. The maximum absolute atomic E-state index is 13.9. The van der Waals surface area contributed by atoms with Gasteiger partial charge in [0.25, 0.3) is 0 Å². The predicted molar refractivity (Wildman–Crippen MR) is 161 cm³/mol. The number of carbonyl (C=O) groups excluding carboxylic acids is 2. The Labute approximate surface area is 249 Å². The minimum absolute atomic E-state index is 0.170. The first-order chi connectivity index (χ1) is 20.9. The van der Waals surface area contributed by atoms with Gasteiger partial charge in [0.1, 0.15) is 11.3 Å². The molecule has 5 rings (SSSR count). The summed E-state index contributed by atoms with van der Waals surface area (Å²) in [4.78, 5) is 30.8. The molecular weight excluding hydrogens is 546 g/mol. The predicted octanol–water partition coefficient (Wildman–Crippen LogP) is 6.92. The van der Waals surface area contributed by atoms with Crippen molar-refractivity contribution in [2.45, 2.75) is 53.2 Å². The molecule has 3 aromatic carbocycles. The molecule has 0 fully saturated rings. The van der Waals surface area contributed by atoms with Crippen molar-refractivity contribution < 1.29 is 23.8 Å². The van der Waals surface area contributed by atoms with Gasteiger partial charge in [-0.2, -0.15) is 5.21 Å². The lowest BCUT2D eigenvalue weighted by molar-refractivity contribution is -0.175. The molecular formula is C33H33N5O5. The van der Waals surface area contributed by atoms with Gasteiger partial charge in [0.2, 0.25) is 12.1 Å². The Bertz CT molecular complexity index is 1720. The largest absolute Gasteiger partial charge is 0.455 e. The summed E-state index contributed by atoms with van der Waals surface area (Å²) in [5.41, 5.74) is 4.20. The molecule has 0 aliphatic heterocycles. The fourth-order valence-corrected chi connectivity index (χ4v) is 4.66. The van der Waals surface area contributed by atoms with Gasteiger partial charge in [-0.05, 0) is 41.0 Å². The highest BCUT2D eigenvalue weighted by atomic mass is 16.7. The van der Waals surface area contributed by atoms with Crippen molar-refractivity contribution in [2.24, 2.45) is 5.92 Å². The molecule has 0 aliphatic rings. The number of ether oxygens (including phenoxy) is 3. The maximum Gasteiger partial charge on any atom is 0.345 e. The van der Waals surface area contributed by atoms with E-state index in [2.05, 4.69) is 20.6 Å². The van der Waals surface area contributed by atoms with E-state index in [1.165, 1.54) is 0 Å². The number of aromatic nitrogens is 5. The Morgan fingerprint density at radius 1 is 0.884 bits per heavy atom. The fraction of sp³-hybridized carbons (Fsp3) is 0.273. The van der Waals surface area contributed by atoms with Crippen LogP contribution < -0.4 is 4.74 Å². The van der Waals surface area contributed by atoms with Crippen LogP contribution in [0.25, 0.3) is 33.4 Å². The molecule has 43 heavy (non-hydrogen) atoms. The number of aryl methyl sites for hydroxylation is 1. The van der Waals surface area contributed by atoms with E-state index in [9.17, 15) is 9.59 Å². The average Bonchev–Trinajstić information content (AvgIpc) is 3.56. The minimum atomic E-state index is -1.05. The van der Waals surface area contributed by atoms with E-state index in [0.29, 0.717) is 40.3 Å². The fourth-order valence-electron chi connectivity index (χ4n) is 4.66. The van der Waals surface area contributed by atoms with Gasteiger partial charge in [-0.1, -0.05) is 88.7 Å². The Morgan fingerprint density at radius 2 is 1.60 bits per heavy atom. The Balaban J connectivity index is 1.54. The first-order valence-electron chi connectivity index (χ1n) is 14.3. The van der Waals surface area contributed by atoms with E-state index in [1.807, 2.05) is 93.6 Å². The van der Waals surface area contributed by atoms with Crippen LogP contribution in [0.5, 0.6) is 11.5 Å². The number of rotatable bonds is 11. The number of hydrogen-bond acceptors (Lipinski definition) is 9. The molecule has 0 radical (unpaired) electrons. The molecule has 0 bridgehead atoms. The first kappa shape index (κ1) is 29.4. The molecule has 10 nitrogen and oxygen atoms in total. The third kappa shape index (κ3) is 6.53. The number of pyridine rings is 1. The number of benzene rings is 3. The van der Waals surface area contributed by atoms with Crippen LogP contribution in [0.15, 0.2) is 72.8 Å². The number of nitrogens with zero attached hydrogens (tertiary/aromatic N) is 4. The lowest BCUT2D eigenvalue weighted by atomic mass is 9.99. The van der Waals surface area contributed by atoms with E-state index >= 15 is 0 Å². The molecule has 220 valence electrons. The quantitative estimate of drug-likeness (QED) is 0.131. The van der Waals surface area contributed by atoms with Crippen LogP contribution in [0.2, 0.25) is 0 Å². The second kappa shape index (κ2) is 13.2. The van der Waals surface area contributed by atoms with Crippen molar-refractivity contribution in [3.8, 4) is 34.0 Å². The molecule has 2 heterocycles. The molecule has 10 heteroatoms. The normalized spacial score (nSPS) is 11.8. The number of fused-ring (bicyclic) bond motifs is 1. The molecule has 1 N–H and O–H groups in total. The van der Waals surface area contributed by atoms with E-state index in [-0.39, 0.29) is 17.9 Å². The van der Waals surface area contributed by atoms with Gasteiger partial charge in [-0.15, -0.1) is 10.2 Å². The molecule has 0 saturated carbocycles. The lowest BCUT2D eigenvalue weighted by Gasteiger charge is -2.23. The van der Waals surface area contributed by atoms with Crippen molar-refractivity contribution in [1.29, 1.82) is 0 Å². The molecule has 5 aromatic rings. The van der Waals surface area contributed by atoms with Crippen LogP contribution in [0.4, 0.5) is 0 Å². The average molecular weight is 580 g/mol. The van der Waals surface area contributed by atoms with Crippen LogP contribution in [0.3, 0.4) is 0 Å². The first-order valence-corrected chi connectivity index (χ1v) is 14.3. The van der Waals surface area contributed by atoms with E-state index in [0.717, 1.165) is 23.1 Å². The zero-order valence-electron chi connectivity index (χ0n) is 24.5. The highest BCUT2D eigenvalue weighted by Gasteiger charge is 2.29. The van der Waals surface area contributed by atoms with Crippen molar-refractivity contribution in [3.05, 3.63) is 84.1 Å². The molecule has 2 aromatic heterocycles. The minimum Gasteiger partial charge on any atom is -0.455 e. The molecule has 0 saturated heterocycles. The summed E-state index contributed by atoms with van der Waals surface area (Å²) in [5.74, 6) is -0.0314. The van der Waals surface area contributed by atoms with Crippen molar-refractivity contribution in [3.63, 3.8) is 0 Å². The van der Waals surface area contributed by atoms with Crippen LogP contribution in [0.1, 0.15) is 56.6 Å². The van der Waals surface area contributed by atoms with Crippen LogP contribution in [0, 0.1) is 5.92 Å². The number of para-hydroxylation sites is 1. The summed E-state index contributed by atoms with van der Waals surface area (Å²) in [6.45, 7) is 7.37. The number of tetrazole rings is 1. The maximum atomic E-state index is 13.9. The lowest BCUT2D eigenvalue weighted by Crippen LogP contribution is -2.29. The van der Waals surface area contributed by atoms with Crippen molar-refractivity contribution in [2.75, 3.05) is 0 Å². The van der Waals surface area contributed by atoms with Crippen LogP contribution >= 0.6 is 0 Å². The molecule has 1 atom stereocenters. The highest BCUT2D eigenvalue weighted by Crippen LogP contribution is 2.37.